The molecule has 1 aliphatic rings. The molecule has 1 rings (SSSR count). The van der Waals surface area contributed by atoms with Crippen molar-refractivity contribution in [3.05, 3.63) is 0 Å². The number of hydrogen-bond acceptors (Lipinski definition) is 3. The van der Waals surface area contributed by atoms with Gasteiger partial charge in [-0.05, 0) is 13.5 Å². The van der Waals surface area contributed by atoms with Gasteiger partial charge in [-0.15, -0.1) is 6.42 Å². The smallest absolute Gasteiger partial charge is 0.230 e. The third-order valence-corrected chi connectivity index (χ3v) is 2.86. The van der Waals surface area contributed by atoms with Crippen LogP contribution in [0.25, 0.3) is 0 Å². The van der Waals surface area contributed by atoms with Gasteiger partial charge in [-0.25, -0.2) is 0 Å². The second-order valence-corrected chi connectivity index (χ2v) is 4.00. The number of carbonyl (C=O) groups is 1. The van der Waals surface area contributed by atoms with E-state index < -0.39 is 0 Å². The minimum atomic E-state index is -0.0927. The molecule has 0 aliphatic carbocycles. The van der Waals surface area contributed by atoms with Crippen molar-refractivity contribution < 1.29 is 9.53 Å². The summed E-state index contributed by atoms with van der Waals surface area (Å²) in [6, 6.07) is 0.115. The lowest BCUT2D eigenvalue weighted by Gasteiger charge is -2.25. The molecular weight excluding hydrogens is 204 g/mol. The van der Waals surface area contributed by atoms with Crippen molar-refractivity contribution in [1.29, 1.82) is 0 Å². The number of rotatable bonds is 5. The average molecular weight is 224 g/mol. The van der Waals surface area contributed by atoms with E-state index in [1.807, 2.05) is 14.0 Å². The Hall–Kier alpha value is -1.05. The van der Waals surface area contributed by atoms with Gasteiger partial charge >= 0.3 is 0 Å². The van der Waals surface area contributed by atoms with Gasteiger partial charge in [0.05, 0.1) is 25.7 Å². The Balaban J connectivity index is 2.62. The first-order valence-electron chi connectivity index (χ1n) is 5.71. The normalized spacial score (nSPS) is 24.1. The molecule has 1 amide bonds. The molecule has 0 aromatic carbocycles. The summed E-state index contributed by atoms with van der Waals surface area (Å²) in [4.78, 5) is 13.9. The zero-order valence-corrected chi connectivity index (χ0v) is 10.0. The maximum absolute atomic E-state index is 12.2. The maximum Gasteiger partial charge on any atom is 0.230 e. The molecule has 1 N–H and O–H groups in total. The molecule has 16 heavy (non-hydrogen) atoms. The van der Waals surface area contributed by atoms with Crippen LogP contribution in [0, 0.1) is 18.3 Å². The van der Waals surface area contributed by atoms with Crippen LogP contribution >= 0.6 is 0 Å². The molecule has 4 nitrogen and oxygen atoms in total. The summed E-state index contributed by atoms with van der Waals surface area (Å²) in [5, 5.41) is 3.11. The largest absolute Gasteiger partial charge is 0.379 e. The molecule has 4 heteroatoms. The molecule has 0 spiro atoms. The Labute approximate surface area is 97.3 Å². The third-order valence-electron chi connectivity index (χ3n) is 2.86. The van der Waals surface area contributed by atoms with E-state index in [0.717, 1.165) is 13.0 Å². The van der Waals surface area contributed by atoms with E-state index in [4.69, 9.17) is 11.2 Å². The van der Waals surface area contributed by atoms with Gasteiger partial charge in [0.2, 0.25) is 5.91 Å². The first-order valence-corrected chi connectivity index (χ1v) is 5.71. The van der Waals surface area contributed by atoms with Crippen LogP contribution in [0.15, 0.2) is 0 Å². The van der Waals surface area contributed by atoms with E-state index in [-0.39, 0.29) is 17.9 Å². The van der Waals surface area contributed by atoms with Gasteiger partial charge in [0.25, 0.3) is 0 Å². The van der Waals surface area contributed by atoms with Gasteiger partial charge in [-0.1, -0.05) is 12.8 Å². The fourth-order valence-corrected chi connectivity index (χ4v) is 1.96. The van der Waals surface area contributed by atoms with Crippen molar-refractivity contribution in [1.82, 2.24) is 10.2 Å². The maximum atomic E-state index is 12.2. The van der Waals surface area contributed by atoms with E-state index in [2.05, 4.69) is 11.2 Å². The molecule has 2 unspecified atom stereocenters. The van der Waals surface area contributed by atoms with Crippen LogP contribution in [0.4, 0.5) is 0 Å². The van der Waals surface area contributed by atoms with Gasteiger partial charge in [0.15, 0.2) is 0 Å². The number of likely N-dealkylation sites (N-methyl/N-ethyl adjacent to an activating group) is 1. The number of terminal acetylenes is 1. The lowest BCUT2D eigenvalue weighted by molar-refractivity contribution is -0.135. The minimum Gasteiger partial charge on any atom is -0.379 e. The Morgan fingerprint density at radius 3 is 2.94 bits per heavy atom. The lowest BCUT2D eigenvalue weighted by Crippen LogP contribution is -2.45. The lowest BCUT2D eigenvalue weighted by atomic mass is 10.0. The van der Waals surface area contributed by atoms with Crippen LogP contribution in [0.2, 0.25) is 0 Å². The zero-order chi connectivity index (χ0) is 12.0. The summed E-state index contributed by atoms with van der Waals surface area (Å²) in [7, 11) is 1.85. The van der Waals surface area contributed by atoms with E-state index in [1.54, 1.807) is 4.90 Å². The topological polar surface area (TPSA) is 41.6 Å². The monoisotopic (exact) mass is 224 g/mol. The molecule has 1 heterocycles. The molecule has 0 aromatic heterocycles. The number of nitrogens with one attached hydrogen (secondary N) is 1. The third kappa shape index (κ3) is 2.97. The van der Waals surface area contributed by atoms with E-state index >= 15 is 0 Å². The SMILES string of the molecule is C#CCN(CCC)C(=O)C1COCC1NC. The van der Waals surface area contributed by atoms with Crippen molar-refractivity contribution in [2.75, 3.05) is 33.4 Å². The summed E-state index contributed by atoms with van der Waals surface area (Å²) in [6.45, 7) is 4.24. The summed E-state index contributed by atoms with van der Waals surface area (Å²) < 4.78 is 5.33. The fraction of sp³-hybridized carbons (Fsp3) is 0.750. The highest BCUT2D eigenvalue weighted by Crippen LogP contribution is 2.16. The molecule has 0 radical (unpaired) electrons. The Bertz CT molecular complexity index is 273. The predicted octanol–water partition coefficient (Wildman–Crippen LogP) is 0.0926. The molecule has 0 aromatic rings. The van der Waals surface area contributed by atoms with Crippen LogP contribution in [-0.2, 0) is 9.53 Å². The van der Waals surface area contributed by atoms with E-state index in [0.29, 0.717) is 19.8 Å². The number of hydrogen-bond donors (Lipinski definition) is 1. The van der Waals surface area contributed by atoms with Crippen molar-refractivity contribution in [2.45, 2.75) is 19.4 Å². The summed E-state index contributed by atoms with van der Waals surface area (Å²) in [5.41, 5.74) is 0. The quantitative estimate of drug-likeness (QED) is 0.673. The van der Waals surface area contributed by atoms with Crippen molar-refractivity contribution in [2.24, 2.45) is 5.92 Å². The minimum absolute atomic E-state index is 0.0927. The Kier molecular flexibility index (Phi) is 5.30. The fourth-order valence-electron chi connectivity index (χ4n) is 1.96. The molecule has 0 saturated carbocycles. The highest BCUT2D eigenvalue weighted by molar-refractivity contribution is 5.80. The van der Waals surface area contributed by atoms with Crippen LogP contribution in [0.1, 0.15) is 13.3 Å². The number of nitrogens with zero attached hydrogens (tertiary/aromatic N) is 1. The molecule has 2 atom stereocenters. The summed E-state index contributed by atoms with van der Waals surface area (Å²) in [6.07, 6.45) is 6.19. The average Bonchev–Trinajstić information content (AvgIpc) is 2.75. The van der Waals surface area contributed by atoms with E-state index in [9.17, 15) is 4.79 Å². The first-order chi connectivity index (χ1) is 7.74. The van der Waals surface area contributed by atoms with Gasteiger partial charge in [0, 0.05) is 12.6 Å². The molecule has 1 fully saturated rings. The second kappa shape index (κ2) is 6.51. The standard InChI is InChI=1S/C12H20N2O2/c1-4-6-14(7-5-2)12(15)10-8-16-9-11(10)13-3/h1,10-11,13H,5-9H2,2-3H3. The molecule has 1 saturated heterocycles. The first kappa shape index (κ1) is 13.0. The van der Waals surface area contributed by atoms with Crippen LogP contribution in [0.3, 0.4) is 0 Å². The van der Waals surface area contributed by atoms with Crippen molar-refractivity contribution in [3.8, 4) is 12.3 Å². The molecule has 90 valence electrons. The van der Waals surface area contributed by atoms with Gasteiger partial charge < -0.3 is 15.0 Å². The molecule has 1 aliphatic heterocycles. The molecule has 0 bridgehead atoms. The number of carbonyl (C=O) groups excluding carboxylic acids is 1. The second-order valence-electron chi connectivity index (χ2n) is 4.00. The van der Waals surface area contributed by atoms with Crippen LogP contribution in [-0.4, -0.2) is 50.2 Å². The predicted molar refractivity (Wildman–Crippen MR) is 62.9 cm³/mol. The Morgan fingerprint density at radius 1 is 1.62 bits per heavy atom. The van der Waals surface area contributed by atoms with Crippen molar-refractivity contribution >= 4 is 5.91 Å². The van der Waals surface area contributed by atoms with Crippen LogP contribution < -0.4 is 5.32 Å². The van der Waals surface area contributed by atoms with Crippen molar-refractivity contribution in [3.63, 3.8) is 0 Å². The summed E-state index contributed by atoms with van der Waals surface area (Å²) >= 11 is 0. The van der Waals surface area contributed by atoms with Gasteiger partial charge in [-0.3, -0.25) is 4.79 Å². The highest BCUT2D eigenvalue weighted by Gasteiger charge is 2.35. The van der Waals surface area contributed by atoms with Crippen LogP contribution in [0.5, 0.6) is 0 Å². The zero-order valence-electron chi connectivity index (χ0n) is 10.0. The van der Waals surface area contributed by atoms with Gasteiger partial charge in [0.1, 0.15) is 0 Å². The number of amides is 1. The summed E-state index contributed by atoms with van der Waals surface area (Å²) in [5.74, 6) is 2.55. The highest BCUT2D eigenvalue weighted by atomic mass is 16.5. The number of ether oxygens (including phenoxy) is 1. The molecular formula is C12H20N2O2. The van der Waals surface area contributed by atoms with E-state index in [1.165, 1.54) is 0 Å². The Morgan fingerprint density at radius 2 is 2.38 bits per heavy atom. The van der Waals surface area contributed by atoms with Gasteiger partial charge in [-0.2, -0.15) is 0 Å².